The zero-order valence-electron chi connectivity index (χ0n) is 16.0. The van der Waals surface area contributed by atoms with Crippen molar-refractivity contribution in [2.24, 2.45) is 5.73 Å². The third kappa shape index (κ3) is 3.72. The van der Waals surface area contributed by atoms with Gasteiger partial charge in [0.05, 0.1) is 23.4 Å². The molecule has 0 aliphatic heterocycles. The summed E-state index contributed by atoms with van der Waals surface area (Å²) < 4.78 is 8.34. The maximum atomic E-state index is 12.5. The van der Waals surface area contributed by atoms with E-state index < -0.39 is 16.7 Å². The van der Waals surface area contributed by atoms with Crippen LogP contribution in [0.2, 0.25) is 0 Å². The third-order valence-corrected chi connectivity index (χ3v) is 4.34. The van der Waals surface area contributed by atoms with E-state index in [9.17, 15) is 19.7 Å². The molecule has 0 bridgehead atoms. The molecule has 3 N–H and O–H groups in total. The summed E-state index contributed by atoms with van der Waals surface area (Å²) in [5.41, 5.74) is 6.24. The molecular weight excluding hydrogens is 382 g/mol. The normalized spacial score (nSPS) is 10.9. The molecule has 3 rings (SSSR count). The Kier molecular flexibility index (Phi) is 5.17. The first kappa shape index (κ1) is 19.8. The number of furan rings is 1. The van der Waals surface area contributed by atoms with Crippen LogP contribution in [0.15, 0.2) is 22.7 Å². The minimum absolute atomic E-state index is 0.00398. The summed E-state index contributed by atoms with van der Waals surface area (Å²) in [6.45, 7) is 5.45. The number of anilines is 1. The molecule has 29 heavy (non-hydrogen) atoms. The number of rotatable bonds is 7. The van der Waals surface area contributed by atoms with Crippen LogP contribution in [0.1, 0.15) is 45.1 Å². The fraction of sp³-hybridized carbons (Fsp3) is 0.294. The van der Waals surface area contributed by atoms with Crippen LogP contribution >= 0.6 is 0 Å². The molecule has 12 nitrogen and oxygen atoms in total. The Labute approximate surface area is 164 Å². The van der Waals surface area contributed by atoms with E-state index in [2.05, 4.69) is 15.5 Å². The van der Waals surface area contributed by atoms with E-state index in [4.69, 9.17) is 10.2 Å². The molecule has 0 aliphatic rings. The molecule has 3 heterocycles. The molecule has 0 atom stereocenters. The van der Waals surface area contributed by atoms with Gasteiger partial charge in [0.15, 0.2) is 5.76 Å². The Morgan fingerprint density at radius 1 is 1.31 bits per heavy atom. The number of aromatic nitrogens is 4. The molecule has 3 aromatic rings. The number of hydrogen-bond donors (Lipinski definition) is 2. The van der Waals surface area contributed by atoms with Gasteiger partial charge in [-0.05, 0) is 32.9 Å². The highest BCUT2D eigenvalue weighted by atomic mass is 16.6. The average Bonchev–Trinajstić information content (AvgIpc) is 3.33. The maximum absolute atomic E-state index is 12.5. The molecule has 0 saturated heterocycles. The highest BCUT2D eigenvalue weighted by molar-refractivity contribution is 6.06. The second kappa shape index (κ2) is 7.58. The van der Waals surface area contributed by atoms with Gasteiger partial charge in [-0.15, -0.1) is 0 Å². The highest BCUT2D eigenvalue weighted by Crippen LogP contribution is 2.23. The Morgan fingerprint density at radius 2 is 2.03 bits per heavy atom. The van der Waals surface area contributed by atoms with Crippen molar-refractivity contribution in [3.63, 3.8) is 0 Å². The van der Waals surface area contributed by atoms with Crippen LogP contribution in [0.5, 0.6) is 0 Å². The summed E-state index contributed by atoms with van der Waals surface area (Å²) in [4.78, 5) is 34.7. The molecular formula is C17H19N7O5. The quantitative estimate of drug-likeness (QED) is 0.448. The number of primary amides is 1. The molecule has 0 spiro atoms. The topological polar surface area (TPSA) is 164 Å². The van der Waals surface area contributed by atoms with E-state index in [0.29, 0.717) is 23.7 Å². The Morgan fingerprint density at radius 3 is 2.62 bits per heavy atom. The van der Waals surface area contributed by atoms with Crippen molar-refractivity contribution in [2.75, 3.05) is 5.32 Å². The summed E-state index contributed by atoms with van der Waals surface area (Å²) >= 11 is 0. The predicted molar refractivity (Wildman–Crippen MR) is 101 cm³/mol. The van der Waals surface area contributed by atoms with Crippen molar-refractivity contribution < 1.29 is 18.9 Å². The SMILES string of the molecule is CCn1ncc(NC(=O)c2ccc(Cn3nc(C)c([N+](=O)[O-])c3C)o2)c1C(N)=O. The molecule has 0 fully saturated rings. The van der Waals surface area contributed by atoms with Crippen LogP contribution in [0, 0.1) is 24.0 Å². The van der Waals surface area contributed by atoms with Gasteiger partial charge in [-0.2, -0.15) is 10.2 Å². The number of nitrogens with one attached hydrogen (secondary N) is 1. The number of hydrogen-bond acceptors (Lipinski definition) is 7. The molecule has 3 aromatic heterocycles. The van der Waals surface area contributed by atoms with Crippen molar-refractivity contribution in [2.45, 2.75) is 33.9 Å². The number of carbonyl (C=O) groups excluding carboxylic acids is 2. The third-order valence-electron chi connectivity index (χ3n) is 4.34. The number of amides is 2. The van der Waals surface area contributed by atoms with E-state index in [1.165, 1.54) is 21.6 Å². The van der Waals surface area contributed by atoms with Gasteiger partial charge in [-0.25, -0.2) is 0 Å². The van der Waals surface area contributed by atoms with E-state index in [1.807, 2.05) is 0 Å². The lowest BCUT2D eigenvalue weighted by Crippen LogP contribution is -2.20. The van der Waals surface area contributed by atoms with Gasteiger partial charge >= 0.3 is 5.69 Å². The largest absolute Gasteiger partial charge is 0.454 e. The molecule has 0 aliphatic carbocycles. The van der Waals surface area contributed by atoms with Crippen LogP contribution in [-0.2, 0) is 13.1 Å². The first-order chi connectivity index (χ1) is 13.7. The van der Waals surface area contributed by atoms with Gasteiger partial charge < -0.3 is 15.5 Å². The predicted octanol–water partition coefficient (Wildman–Crippen LogP) is 1.62. The lowest BCUT2D eigenvalue weighted by atomic mass is 10.3. The molecule has 12 heteroatoms. The van der Waals surface area contributed by atoms with Crippen LogP contribution in [0.25, 0.3) is 0 Å². The van der Waals surface area contributed by atoms with Gasteiger partial charge in [-0.3, -0.25) is 29.1 Å². The monoisotopic (exact) mass is 401 g/mol. The van der Waals surface area contributed by atoms with Gasteiger partial charge in [-0.1, -0.05) is 0 Å². The fourth-order valence-corrected chi connectivity index (χ4v) is 3.00. The summed E-state index contributed by atoms with van der Waals surface area (Å²) in [6.07, 6.45) is 1.33. The van der Waals surface area contributed by atoms with Crippen LogP contribution in [0.4, 0.5) is 11.4 Å². The number of carbonyl (C=O) groups is 2. The number of aryl methyl sites for hydroxylation is 2. The first-order valence-corrected chi connectivity index (χ1v) is 8.67. The smallest absolute Gasteiger partial charge is 0.312 e. The minimum Gasteiger partial charge on any atom is -0.454 e. The van der Waals surface area contributed by atoms with Crippen molar-refractivity contribution in [3.8, 4) is 0 Å². The molecule has 0 unspecified atom stereocenters. The van der Waals surface area contributed by atoms with Crippen molar-refractivity contribution in [1.82, 2.24) is 19.6 Å². The van der Waals surface area contributed by atoms with E-state index in [0.717, 1.165) is 0 Å². The molecule has 0 saturated carbocycles. The highest BCUT2D eigenvalue weighted by Gasteiger charge is 2.23. The van der Waals surface area contributed by atoms with Crippen LogP contribution in [-0.4, -0.2) is 36.3 Å². The summed E-state index contributed by atoms with van der Waals surface area (Å²) in [5, 5.41) is 21.8. The molecule has 0 radical (unpaired) electrons. The zero-order chi connectivity index (χ0) is 21.3. The standard InChI is InChI=1S/C17H19N7O5/c1-4-22-15(16(18)25)12(7-19-22)20-17(26)13-6-5-11(29-13)8-23-10(3)14(24(27)28)9(2)21-23/h5-7H,4,8H2,1-3H3,(H2,18,25)(H,20,26). The molecule has 2 amide bonds. The molecule has 0 aromatic carbocycles. The molecule has 152 valence electrons. The summed E-state index contributed by atoms with van der Waals surface area (Å²) in [7, 11) is 0. The van der Waals surface area contributed by atoms with Gasteiger partial charge in [0.1, 0.15) is 22.8 Å². The average molecular weight is 401 g/mol. The van der Waals surface area contributed by atoms with Crippen molar-refractivity contribution in [3.05, 3.63) is 57.0 Å². The minimum atomic E-state index is -0.717. The lowest BCUT2D eigenvalue weighted by molar-refractivity contribution is -0.386. The lowest BCUT2D eigenvalue weighted by Gasteiger charge is -2.05. The summed E-state index contributed by atoms with van der Waals surface area (Å²) in [5.74, 6) is -0.926. The maximum Gasteiger partial charge on any atom is 0.312 e. The number of nitrogens with zero attached hydrogens (tertiary/aromatic N) is 5. The van der Waals surface area contributed by atoms with E-state index in [1.54, 1.807) is 26.8 Å². The van der Waals surface area contributed by atoms with Crippen molar-refractivity contribution >= 4 is 23.2 Å². The number of nitro groups is 1. The number of nitrogens with two attached hydrogens (primary N) is 1. The van der Waals surface area contributed by atoms with Gasteiger partial charge in [0.2, 0.25) is 0 Å². The van der Waals surface area contributed by atoms with E-state index >= 15 is 0 Å². The van der Waals surface area contributed by atoms with Gasteiger partial charge in [0, 0.05) is 6.54 Å². The Bertz CT molecular complexity index is 1110. The Balaban J connectivity index is 1.78. The van der Waals surface area contributed by atoms with Crippen LogP contribution in [0.3, 0.4) is 0 Å². The zero-order valence-corrected chi connectivity index (χ0v) is 16.0. The van der Waals surface area contributed by atoms with Gasteiger partial charge in [0.25, 0.3) is 11.8 Å². The van der Waals surface area contributed by atoms with Crippen molar-refractivity contribution in [1.29, 1.82) is 0 Å². The first-order valence-electron chi connectivity index (χ1n) is 8.67. The van der Waals surface area contributed by atoms with E-state index in [-0.39, 0.29) is 29.4 Å². The summed E-state index contributed by atoms with van der Waals surface area (Å²) in [6, 6.07) is 3.03. The Hall–Kier alpha value is -3.96. The second-order valence-corrected chi connectivity index (χ2v) is 6.24. The second-order valence-electron chi connectivity index (χ2n) is 6.24. The fourth-order valence-electron chi connectivity index (χ4n) is 3.00. The van der Waals surface area contributed by atoms with Crippen LogP contribution < -0.4 is 11.1 Å².